The van der Waals surface area contributed by atoms with Gasteiger partial charge in [0.05, 0.1) is 6.61 Å². The lowest BCUT2D eigenvalue weighted by Crippen LogP contribution is -2.48. The SMILES string of the molecule is CN1CCN(CCCCCCOCCN2CCN(CCCN3CCN(C)CC3)CC2)CC1. The third-order valence-electron chi connectivity index (χ3n) is 7.67. The highest BCUT2D eigenvalue weighted by molar-refractivity contribution is 4.74. The van der Waals surface area contributed by atoms with Crippen molar-refractivity contribution in [1.82, 2.24) is 29.4 Å². The molecule has 3 fully saturated rings. The average Bonchev–Trinajstić information content (AvgIpc) is 2.81. The van der Waals surface area contributed by atoms with Crippen molar-refractivity contribution in [2.75, 3.05) is 132 Å². The van der Waals surface area contributed by atoms with Crippen molar-refractivity contribution in [2.24, 2.45) is 0 Å². The number of hydrogen-bond acceptors (Lipinski definition) is 7. The molecule has 0 saturated carbocycles. The van der Waals surface area contributed by atoms with Crippen LogP contribution in [0.3, 0.4) is 0 Å². The molecule has 0 atom stereocenters. The fraction of sp³-hybridized carbons (Fsp3) is 1.00. The third-order valence-corrected chi connectivity index (χ3v) is 7.67. The van der Waals surface area contributed by atoms with Gasteiger partial charge in [-0.15, -0.1) is 0 Å². The second kappa shape index (κ2) is 15.6. The smallest absolute Gasteiger partial charge is 0.0593 e. The molecule has 3 aliphatic rings. The van der Waals surface area contributed by atoms with Gasteiger partial charge in [0, 0.05) is 91.7 Å². The molecule has 7 nitrogen and oxygen atoms in total. The van der Waals surface area contributed by atoms with Crippen molar-refractivity contribution in [1.29, 1.82) is 0 Å². The van der Waals surface area contributed by atoms with E-state index >= 15 is 0 Å². The lowest BCUT2D eigenvalue weighted by Gasteiger charge is -2.36. The lowest BCUT2D eigenvalue weighted by molar-refractivity contribution is 0.0716. The summed E-state index contributed by atoms with van der Waals surface area (Å²) in [6.45, 7) is 21.6. The minimum atomic E-state index is 0.907. The van der Waals surface area contributed by atoms with E-state index in [1.165, 1.54) is 130 Å². The summed E-state index contributed by atoms with van der Waals surface area (Å²) in [6.07, 6.45) is 6.57. The van der Waals surface area contributed by atoms with Crippen LogP contribution in [0.2, 0.25) is 0 Å². The van der Waals surface area contributed by atoms with Crippen LogP contribution in [-0.2, 0) is 4.74 Å². The molecule has 0 aromatic carbocycles. The minimum absolute atomic E-state index is 0.907. The van der Waals surface area contributed by atoms with E-state index in [2.05, 4.69) is 43.5 Å². The Labute approximate surface area is 198 Å². The first-order valence-corrected chi connectivity index (χ1v) is 13.5. The highest BCUT2D eigenvalue weighted by Crippen LogP contribution is 2.07. The molecular weight excluding hydrogens is 400 g/mol. The van der Waals surface area contributed by atoms with Gasteiger partial charge in [-0.25, -0.2) is 0 Å². The van der Waals surface area contributed by atoms with Crippen molar-refractivity contribution in [3.05, 3.63) is 0 Å². The van der Waals surface area contributed by atoms with Gasteiger partial charge < -0.3 is 29.2 Å². The van der Waals surface area contributed by atoms with E-state index in [0.29, 0.717) is 0 Å². The Morgan fingerprint density at radius 2 is 0.812 bits per heavy atom. The van der Waals surface area contributed by atoms with E-state index in [1.54, 1.807) is 0 Å². The van der Waals surface area contributed by atoms with Crippen LogP contribution in [0.4, 0.5) is 0 Å². The van der Waals surface area contributed by atoms with Crippen LogP contribution in [0.25, 0.3) is 0 Å². The van der Waals surface area contributed by atoms with Crippen LogP contribution >= 0.6 is 0 Å². The number of unbranched alkanes of at least 4 members (excludes halogenated alkanes) is 3. The molecular formula is C25H52N6O. The van der Waals surface area contributed by atoms with Gasteiger partial charge in [0.25, 0.3) is 0 Å². The molecule has 3 heterocycles. The summed E-state index contributed by atoms with van der Waals surface area (Å²) in [5.74, 6) is 0. The summed E-state index contributed by atoms with van der Waals surface area (Å²) in [4.78, 5) is 15.4. The highest BCUT2D eigenvalue weighted by Gasteiger charge is 2.18. The Kier molecular flexibility index (Phi) is 12.8. The molecule has 7 heteroatoms. The first kappa shape index (κ1) is 26.3. The van der Waals surface area contributed by atoms with Crippen LogP contribution in [0.5, 0.6) is 0 Å². The van der Waals surface area contributed by atoms with E-state index < -0.39 is 0 Å². The molecule has 32 heavy (non-hydrogen) atoms. The molecule has 0 N–H and O–H groups in total. The Morgan fingerprint density at radius 3 is 1.34 bits per heavy atom. The molecule has 0 amide bonds. The summed E-state index contributed by atoms with van der Waals surface area (Å²) in [5, 5.41) is 0. The molecule has 3 saturated heterocycles. The maximum Gasteiger partial charge on any atom is 0.0593 e. The van der Waals surface area contributed by atoms with E-state index in [4.69, 9.17) is 4.74 Å². The van der Waals surface area contributed by atoms with Gasteiger partial charge in [-0.05, 0) is 53.0 Å². The van der Waals surface area contributed by atoms with E-state index in [-0.39, 0.29) is 0 Å². The van der Waals surface area contributed by atoms with Gasteiger partial charge in [0.15, 0.2) is 0 Å². The van der Waals surface area contributed by atoms with Crippen molar-refractivity contribution in [3.8, 4) is 0 Å². The predicted molar refractivity (Wildman–Crippen MR) is 135 cm³/mol. The van der Waals surface area contributed by atoms with Crippen molar-refractivity contribution in [3.63, 3.8) is 0 Å². The summed E-state index contributed by atoms with van der Waals surface area (Å²) in [7, 11) is 4.47. The summed E-state index contributed by atoms with van der Waals surface area (Å²) in [5.41, 5.74) is 0. The predicted octanol–water partition coefficient (Wildman–Crippen LogP) is 1.07. The first-order valence-electron chi connectivity index (χ1n) is 13.5. The van der Waals surface area contributed by atoms with Gasteiger partial charge in [0.1, 0.15) is 0 Å². The maximum atomic E-state index is 5.93. The van der Waals surface area contributed by atoms with Crippen LogP contribution in [0.15, 0.2) is 0 Å². The van der Waals surface area contributed by atoms with E-state index in [1.807, 2.05) is 0 Å². The summed E-state index contributed by atoms with van der Waals surface area (Å²) in [6, 6.07) is 0. The Balaban J connectivity index is 1.07. The molecule has 0 unspecified atom stereocenters. The Morgan fingerprint density at radius 1 is 0.406 bits per heavy atom. The van der Waals surface area contributed by atoms with Gasteiger partial charge in [0.2, 0.25) is 0 Å². The number of likely N-dealkylation sites (N-methyl/N-ethyl adjacent to an activating group) is 2. The van der Waals surface area contributed by atoms with E-state index in [0.717, 1.165) is 19.8 Å². The minimum Gasteiger partial charge on any atom is -0.380 e. The van der Waals surface area contributed by atoms with Gasteiger partial charge in [-0.1, -0.05) is 12.8 Å². The third kappa shape index (κ3) is 10.8. The molecule has 3 aliphatic heterocycles. The number of rotatable bonds is 14. The van der Waals surface area contributed by atoms with Crippen LogP contribution < -0.4 is 0 Å². The van der Waals surface area contributed by atoms with Gasteiger partial charge in [-0.3, -0.25) is 4.90 Å². The Hall–Kier alpha value is -0.280. The van der Waals surface area contributed by atoms with Crippen molar-refractivity contribution in [2.45, 2.75) is 32.1 Å². The van der Waals surface area contributed by atoms with Gasteiger partial charge >= 0.3 is 0 Å². The lowest BCUT2D eigenvalue weighted by atomic mass is 10.2. The number of hydrogen-bond donors (Lipinski definition) is 0. The first-order chi connectivity index (χ1) is 15.7. The number of ether oxygens (including phenoxy) is 1. The molecule has 0 aliphatic carbocycles. The fourth-order valence-corrected chi connectivity index (χ4v) is 5.09. The fourth-order valence-electron chi connectivity index (χ4n) is 5.09. The monoisotopic (exact) mass is 452 g/mol. The number of piperazine rings is 3. The van der Waals surface area contributed by atoms with Crippen LogP contribution in [0, 0.1) is 0 Å². The second-order valence-electron chi connectivity index (χ2n) is 10.4. The molecule has 0 spiro atoms. The van der Waals surface area contributed by atoms with E-state index in [9.17, 15) is 0 Å². The van der Waals surface area contributed by atoms with Crippen molar-refractivity contribution >= 4 is 0 Å². The largest absolute Gasteiger partial charge is 0.380 e. The van der Waals surface area contributed by atoms with Gasteiger partial charge in [-0.2, -0.15) is 0 Å². The zero-order chi connectivity index (χ0) is 22.4. The molecule has 0 bridgehead atoms. The number of nitrogens with zero attached hydrogens (tertiary/aromatic N) is 6. The quantitative estimate of drug-likeness (QED) is 0.364. The van der Waals surface area contributed by atoms with Crippen LogP contribution in [-0.4, -0.2) is 161 Å². The zero-order valence-electron chi connectivity index (χ0n) is 21.4. The maximum absolute atomic E-state index is 5.93. The van der Waals surface area contributed by atoms with Crippen molar-refractivity contribution < 1.29 is 4.74 Å². The topological polar surface area (TPSA) is 28.7 Å². The highest BCUT2D eigenvalue weighted by atomic mass is 16.5. The molecule has 3 rings (SSSR count). The standard InChI is InChI=1S/C25H52N6O/c1-26-11-15-28(16-12-26)8-5-3-4-6-24-32-25-23-31-21-19-30(20-22-31)10-7-9-29-17-13-27(2)14-18-29/h3-25H2,1-2H3. The molecule has 0 aromatic heterocycles. The average molecular weight is 453 g/mol. The summed E-state index contributed by atoms with van der Waals surface area (Å²) >= 11 is 0. The van der Waals surface area contributed by atoms with Crippen LogP contribution in [0.1, 0.15) is 32.1 Å². The molecule has 0 aromatic rings. The normalized spacial score (nSPS) is 23.8. The second-order valence-corrected chi connectivity index (χ2v) is 10.4. The summed E-state index contributed by atoms with van der Waals surface area (Å²) < 4.78 is 5.93. The zero-order valence-corrected chi connectivity index (χ0v) is 21.4. The Bertz CT molecular complexity index is 457. The molecule has 188 valence electrons. The molecule has 0 radical (unpaired) electrons.